The van der Waals surface area contributed by atoms with E-state index >= 15 is 0 Å². The van der Waals surface area contributed by atoms with Crippen LogP contribution in [0.3, 0.4) is 0 Å². The van der Waals surface area contributed by atoms with Crippen LogP contribution < -0.4 is 20.7 Å². The van der Waals surface area contributed by atoms with E-state index in [4.69, 9.17) is 4.74 Å². The molecule has 164 valence electrons. The zero-order chi connectivity index (χ0) is 21.6. The van der Waals surface area contributed by atoms with Gasteiger partial charge in [0.15, 0.2) is 0 Å². The van der Waals surface area contributed by atoms with Crippen molar-refractivity contribution in [1.82, 2.24) is 9.97 Å². The molecule has 0 atom stereocenters. The van der Waals surface area contributed by atoms with Crippen LogP contribution in [0.5, 0.6) is 0 Å². The molecule has 1 spiro atoms. The maximum absolute atomic E-state index is 15.0. The molecule has 5 rings (SSSR count). The molecule has 1 aromatic heterocycles. The van der Waals surface area contributed by atoms with Gasteiger partial charge in [0.1, 0.15) is 11.6 Å². The number of aromatic nitrogens is 2. The molecule has 0 radical (unpaired) electrons. The van der Waals surface area contributed by atoms with Crippen molar-refractivity contribution in [1.29, 1.82) is 0 Å². The number of H-pyrrole nitrogens is 1. The monoisotopic (exact) mass is 427 g/mol. The standard InChI is InChI=1S/C22H26FN5O3/c1-31-13-12-28-16-6-2-5-15(23)17(16)22(20(28)30)7-10-27(11-8-22)21-25-18-14(19(29)26-21)4-3-9-24-18/h2,5-6H,3-4,7-13H2,1H3,(H2,24,25,26,29). The minimum absolute atomic E-state index is 0.0714. The molecule has 4 heterocycles. The molecule has 2 aromatic rings. The van der Waals surface area contributed by atoms with Gasteiger partial charge in [-0.2, -0.15) is 4.98 Å². The first-order chi connectivity index (χ1) is 15.0. The lowest BCUT2D eigenvalue weighted by Crippen LogP contribution is -2.50. The quantitative estimate of drug-likeness (QED) is 0.773. The van der Waals surface area contributed by atoms with Gasteiger partial charge < -0.3 is 19.9 Å². The van der Waals surface area contributed by atoms with Crippen LogP contribution in [0.25, 0.3) is 0 Å². The Balaban J connectivity index is 1.44. The average Bonchev–Trinajstić information content (AvgIpc) is 3.01. The van der Waals surface area contributed by atoms with E-state index in [-0.39, 0.29) is 17.3 Å². The smallest absolute Gasteiger partial charge is 0.257 e. The number of piperidine rings is 1. The van der Waals surface area contributed by atoms with E-state index in [9.17, 15) is 14.0 Å². The van der Waals surface area contributed by atoms with Crippen molar-refractivity contribution in [2.24, 2.45) is 0 Å². The first-order valence-corrected chi connectivity index (χ1v) is 10.8. The topological polar surface area (TPSA) is 90.6 Å². The number of carbonyl (C=O) groups excluding carboxylic acids is 1. The predicted octanol–water partition coefficient (Wildman–Crippen LogP) is 1.80. The predicted molar refractivity (Wildman–Crippen MR) is 115 cm³/mol. The van der Waals surface area contributed by atoms with E-state index in [1.807, 2.05) is 4.90 Å². The van der Waals surface area contributed by atoms with Gasteiger partial charge in [-0.05, 0) is 37.8 Å². The van der Waals surface area contributed by atoms with Gasteiger partial charge in [0, 0.05) is 38.9 Å². The van der Waals surface area contributed by atoms with Crippen molar-refractivity contribution in [2.45, 2.75) is 31.1 Å². The number of nitrogens with zero attached hydrogens (tertiary/aromatic N) is 3. The first-order valence-electron chi connectivity index (χ1n) is 10.8. The largest absolute Gasteiger partial charge is 0.383 e. The van der Waals surface area contributed by atoms with Crippen molar-refractivity contribution in [3.05, 3.63) is 45.5 Å². The Kier molecular flexibility index (Phi) is 4.92. The van der Waals surface area contributed by atoms with Crippen LogP contribution in [0.2, 0.25) is 0 Å². The highest BCUT2D eigenvalue weighted by Gasteiger charge is 2.53. The summed E-state index contributed by atoms with van der Waals surface area (Å²) in [7, 11) is 1.59. The Hall–Kier alpha value is -2.94. The Morgan fingerprint density at radius 2 is 2.06 bits per heavy atom. The molecule has 3 aliphatic heterocycles. The Labute approximate surface area is 179 Å². The minimum Gasteiger partial charge on any atom is -0.383 e. The van der Waals surface area contributed by atoms with Gasteiger partial charge in [-0.1, -0.05) is 6.07 Å². The van der Waals surface area contributed by atoms with E-state index in [1.165, 1.54) is 6.07 Å². The molecule has 2 N–H and O–H groups in total. The highest BCUT2D eigenvalue weighted by molar-refractivity contribution is 6.08. The number of hydrogen-bond acceptors (Lipinski definition) is 6. The number of benzene rings is 1. The second-order valence-electron chi connectivity index (χ2n) is 8.40. The molecule has 0 unspecified atom stereocenters. The Morgan fingerprint density at radius 1 is 1.26 bits per heavy atom. The van der Waals surface area contributed by atoms with Gasteiger partial charge in [-0.15, -0.1) is 0 Å². The third kappa shape index (κ3) is 3.10. The number of halogens is 1. The number of carbonyl (C=O) groups is 1. The summed E-state index contributed by atoms with van der Waals surface area (Å²) in [5.74, 6) is 0.731. The van der Waals surface area contributed by atoms with Crippen LogP contribution >= 0.6 is 0 Å². The van der Waals surface area contributed by atoms with Gasteiger partial charge in [0.05, 0.1) is 23.3 Å². The fourth-order valence-corrected chi connectivity index (χ4v) is 5.14. The molecule has 1 amide bonds. The summed E-state index contributed by atoms with van der Waals surface area (Å²) in [4.78, 5) is 37.1. The normalized spacial score (nSPS) is 19.4. The highest BCUT2D eigenvalue weighted by Crippen LogP contribution is 2.49. The molecule has 0 aliphatic carbocycles. The molecule has 0 saturated carbocycles. The first kappa shape index (κ1) is 20.0. The van der Waals surface area contributed by atoms with Crippen LogP contribution in [0.15, 0.2) is 23.0 Å². The zero-order valence-corrected chi connectivity index (χ0v) is 17.5. The van der Waals surface area contributed by atoms with Crippen molar-refractivity contribution in [3.63, 3.8) is 0 Å². The molecule has 3 aliphatic rings. The third-order valence-electron chi connectivity index (χ3n) is 6.75. The third-order valence-corrected chi connectivity index (χ3v) is 6.75. The lowest BCUT2D eigenvalue weighted by molar-refractivity contribution is -0.124. The number of fused-ring (bicyclic) bond motifs is 3. The van der Waals surface area contributed by atoms with Gasteiger partial charge in [0.2, 0.25) is 11.9 Å². The number of anilines is 3. The number of rotatable bonds is 4. The van der Waals surface area contributed by atoms with E-state index in [1.54, 1.807) is 24.1 Å². The summed E-state index contributed by atoms with van der Waals surface area (Å²) in [5, 5.41) is 3.20. The van der Waals surface area contributed by atoms with Crippen molar-refractivity contribution in [3.8, 4) is 0 Å². The van der Waals surface area contributed by atoms with Crippen LogP contribution in [0, 0.1) is 5.82 Å². The highest BCUT2D eigenvalue weighted by atomic mass is 19.1. The lowest BCUT2D eigenvalue weighted by Gasteiger charge is -2.39. The summed E-state index contributed by atoms with van der Waals surface area (Å²) in [6.45, 7) is 2.58. The van der Waals surface area contributed by atoms with Crippen LogP contribution in [-0.2, 0) is 21.4 Å². The van der Waals surface area contributed by atoms with Gasteiger partial charge in [-0.3, -0.25) is 14.6 Å². The zero-order valence-electron chi connectivity index (χ0n) is 17.5. The summed E-state index contributed by atoms with van der Waals surface area (Å²) in [5.41, 5.74) is 0.813. The number of methoxy groups -OCH3 is 1. The second kappa shape index (κ2) is 7.64. The maximum atomic E-state index is 15.0. The van der Waals surface area contributed by atoms with Crippen molar-refractivity contribution < 1.29 is 13.9 Å². The van der Waals surface area contributed by atoms with Crippen LogP contribution in [0.1, 0.15) is 30.4 Å². The minimum atomic E-state index is -0.891. The summed E-state index contributed by atoms with van der Waals surface area (Å²) in [6, 6.07) is 4.87. The molecule has 31 heavy (non-hydrogen) atoms. The average molecular weight is 427 g/mol. The van der Waals surface area contributed by atoms with E-state index < -0.39 is 5.41 Å². The molecule has 1 saturated heterocycles. The fraction of sp³-hybridized carbons (Fsp3) is 0.500. The molecular weight excluding hydrogens is 401 g/mol. The molecule has 9 heteroatoms. The molecular formula is C22H26FN5O3. The SMILES string of the molecule is COCCN1C(=O)C2(CCN(c3nc4c(c(=O)[nH]3)CCCN4)CC2)c2c(F)cccc21. The van der Waals surface area contributed by atoms with Gasteiger partial charge >= 0.3 is 0 Å². The number of amides is 1. The number of ether oxygens (including phenoxy) is 1. The summed E-state index contributed by atoms with van der Waals surface area (Å²) in [6.07, 6.45) is 2.54. The molecule has 0 bridgehead atoms. The van der Waals surface area contributed by atoms with Crippen LogP contribution in [0.4, 0.5) is 21.8 Å². The second-order valence-corrected chi connectivity index (χ2v) is 8.40. The number of nitrogens with one attached hydrogen (secondary N) is 2. The maximum Gasteiger partial charge on any atom is 0.257 e. The Morgan fingerprint density at radius 3 is 2.84 bits per heavy atom. The molecule has 1 fully saturated rings. The van der Waals surface area contributed by atoms with E-state index in [0.717, 1.165) is 19.4 Å². The summed E-state index contributed by atoms with van der Waals surface area (Å²) >= 11 is 0. The molecule has 1 aromatic carbocycles. The number of aromatic amines is 1. The molecule has 8 nitrogen and oxygen atoms in total. The Bertz CT molecular complexity index is 1080. The summed E-state index contributed by atoms with van der Waals surface area (Å²) < 4.78 is 20.1. The fourth-order valence-electron chi connectivity index (χ4n) is 5.14. The van der Waals surface area contributed by atoms with Crippen molar-refractivity contribution >= 4 is 23.4 Å². The van der Waals surface area contributed by atoms with Gasteiger partial charge in [-0.25, -0.2) is 4.39 Å². The van der Waals surface area contributed by atoms with Gasteiger partial charge in [0.25, 0.3) is 5.56 Å². The number of hydrogen-bond donors (Lipinski definition) is 2. The van der Waals surface area contributed by atoms with E-state index in [0.29, 0.717) is 67.7 Å². The van der Waals surface area contributed by atoms with Crippen molar-refractivity contribution in [2.75, 3.05) is 55.0 Å². The lowest BCUT2D eigenvalue weighted by atomic mass is 9.73. The van der Waals surface area contributed by atoms with Crippen LogP contribution in [-0.4, -0.2) is 55.8 Å². The van der Waals surface area contributed by atoms with E-state index in [2.05, 4.69) is 15.3 Å².